The predicted molar refractivity (Wildman–Crippen MR) is 278 cm³/mol. The molecule has 3 heterocycles. The second-order valence-electron chi connectivity index (χ2n) is 19.0. The quantitative estimate of drug-likeness (QED) is 0.155. The van der Waals surface area contributed by atoms with Crippen LogP contribution in [-0.2, 0) is 11.1 Å². The molecular formula is C62H47FN4O2. The van der Waals surface area contributed by atoms with Gasteiger partial charge in [-0.3, -0.25) is 4.90 Å². The van der Waals surface area contributed by atoms with Gasteiger partial charge in [0.25, 0.3) is 0 Å². The number of fused-ring (bicyclic) bond motifs is 5. The van der Waals surface area contributed by atoms with E-state index >= 15 is 4.39 Å². The van der Waals surface area contributed by atoms with Crippen molar-refractivity contribution in [1.82, 2.24) is 4.90 Å². The van der Waals surface area contributed by atoms with Crippen LogP contribution in [0.4, 0.5) is 44.2 Å². The highest BCUT2D eigenvalue weighted by Gasteiger charge is 2.54. The van der Waals surface area contributed by atoms with Crippen molar-refractivity contribution in [2.24, 2.45) is 0 Å². The predicted octanol–water partition coefficient (Wildman–Crippen LogP) is 17.6. The van der Waals surface area contributed by atoms with Gasteiger partial charge in [0.2, 0.25) is 5.69 Å². The molecule has 3 aliphatic rings. The number of ether oxygens (including phenoxy) is 2. The summed E-state index contributed by atoms with van der Waals surface area (Å²) in [5, 5.41) is 0. The molecule has 0 atom stereocenters. The lowest BCUT2D eigenvalue weighted by Crippen LogP contribution is -2.42. The topological polar surface area (TPSA) is 32.5 Å². The van der Waals surface area contributed by atoms with Crippen LogP contribution in [0.5, 0.6) is 23.0 Å². The largest absolute Gasteiger partial charge is 0.453 e. The summed E-state index contributed by atoms with van der Waals surface area (Å²) in [5.74, 6) is 1.89. The highest BCUT2D eigenvalue weighted by atomic mass is 19.1. The Hall–Kier alpha value is -8.44. The first kappa shape index (κ1) is 42.0. The molecule has 0 radical (unpaired) electrons. The number of hydrogen-bond donors (Lipinski definition) is 0. The van der Waals surface area contributed by atoms with Gasteiger partial charge in [-0.1, -0.05) is 146 Å². The summed E-state index contributed by atoms with van der Waals surface area (Å²) in [6.45, 7) is 17.5. The fraction of sp³-hybridized carbons (Fsp3) is 0.113. The maximum absolute atomic E-state index is 18.4. The monoisotopic (exact) mass is 898 g/mol. The minimum absolute atomic E-state index is 0.0857. The zero-order valence-electron chi connectivity index (χ0n) is 39.0. The zero-order chi connectivity index (χ0) is 47.2. The van der Waals surface area contributed by atoms with Crippen LogP contribution >= 0.6 is 0 Å². The number of nitrogens with zero attached hydrogens (tertiary/aromatic N) is 4. The molecule has 0 aliphatic carbocycles. The Morgan fingerprint density at radius 3 is 1.03 bits per heavy atom. The molecule has 334 valence electrons. The lowest BCUT2D eigenvalue weighted by molar-refractivity contribution is 0.0719. The summed E-state index contributed by atoms with van der Waals surface area (Å²) >= 11 is 0. The Bertz CT molecular complexity index is 3370. The summed E-state index contributed by atoms with van der Waals surface area (Å²) in [4.78, 5) is 10.7. The van der Waals surface area contributed by atoms with E-state index in [-0.39, 0.29) is 5.69 Å². The van der Waals surface area contributed by atoms with Crippen LogP contribution in [0.1, 0.15) is 38.8 Å². The van der Waals surface area contributed by atoms with Crippen molar-refractivity contribution >= 4 is 39.8 Å². The molecule has 9 aromatic rings. The van der Waals surface area contributed by atoms with E-state index in [9.17, 15) is 0 Å². The second-order valence-corrected chi connectivity index (χ2v) is 19.0. The van der Waals surface area contributed by atoms with Gasteiger partial charge in [0.1, 0.15) is 5.82 Å². The lowest BCUT2D eigenvalue weighted by Gasteiger charge is -2.42. The van der Waals surface area contributed by atoms with Gasteiger partial charge in [-0.05, 0) is 128 Å². The third-order valence-corrected chi connectivity index (χ3v) is 14.5. The SMILES string of the molecule is [C-]#[N+]c1c(F)c2c(c(N3c4ccc(-c5ccccc5)cc4Oc4cc(-c5ccccc5)ccc43)c1N1c3ccc(-c4ccccc4)cc3Oc3cc(-c4ccccc4)ccc31)C(C)(C)N(C)C2(C)C. The highest BCUT2D eigenvalue weighted by Crippen LogP contribution is 2.66. The second kappa shape index (κ2) is 15.8. The Kier molecular flexibility index (Phi) is 9.63. The molecule has 0 unspecified atom stereocenters. The molecule has 7 heteroatoms. The smallest absolute Gasteiger partial charge is 0.247 e. The van der Waals surface area contributed by atoms with E-state index in [1.54, 1.807) is 0 Å². The molecule has 0 bridgehead atoms. The first-order valence-corrected chi connectivity index (χ1v) is 23.3. The molecular weight excluding hydrogens is 852 g/mol. The van der Waals surface area contributed by atoms with Crippen molar-refractivity contribution < 1.29 is 13.9 Å². The number of hydrogen-bond acceptors (Lipinski definition) is 5. The van der Waals surface area contributed by atoms with E-state index in [1.807, 2.05) is 97.1 Å². The minimum Gasteiger partial charge on any atom is -0.453 e. The number of anilines is 6. The third-order valence-electron chi connectivity index (χ3n) is 14.5. The summed E-state index contributed by atoms with van der Waals surface area (Å²) in [6.07, 6.45) is 0. The Balaban J connectivity index is 1.20. The Labute approximate surface area is 402 Å². The Morgan fingerprint density at radius 2 is 0.710 bits per heavy atom. The van der Waals surface area contributed by atoms with Gasteiger partial charge >= 0.3 is 0 Å². The van der Waals surface area contributed by atoms with E-state index in [0.717, 1.165) is 61.4 Å². The van der Waals surface area contributed by atoms with Crippen LogP contribution in [0, 0.1) is 12.4 Å². The van der Waals surface area contributed by atoms with Crippen LogP contribution in [0.3, 0.4) is 0 Å². The maximum atomic E-state index is 18.4. The van der Waals surface area contributed by atoms with Crippen molar-refractivity contribution in [3.63, 3.8) is 0 Å². The molecule has 6 nitrogen and oxygen atoms in total. The molecule has 0 saturated carbocycles. The van der Waals surface area contributed by atoms with E-state index < -0.39 is 16.9 Å². The molecule has 69 heavy (non-hydrogen) atoms. The number of benzene rings is 9. The molecule has 0 amide bonds. The molecule has 0 N–H and O–H groups in total. The van der Waals surface area contributed by atoms with Crippen LogP contribution in [0.25, 0.3) is 49.4 Å². The Morgan fingerprint density at radius 1 is 0.406 bits per heavy atom. The van der Waals surface area contributed by atoms with Crippen LogP contribution < -0.4 is 19.3 Å². The standard InChI is InChI=1S/C62H47FN4O2/c1-61(2)55-56(62(3,4)65(61)6)59(66-47-31-27-43(39-19-11-7-12-20-39)35-51(47)68-52-36-44(28-32-48(52)66)40-21-13-8-14-22-40)60(58(64-5)57(55)63)67-49-33-29-45(41-23-15-9-16-24-41)37-53(49)69-54-38-46(30-34-50(54)67)42-25-17-10-18-26-42/h7-38H,1-4,6H3. The molecule has 0 spiro atoms. The van der Waals surface area contributed by atoms with Crippen LogP contribution in [0.15, 0.2) is 194 Å². The number of halogens is 1. The van der Waals surface area contributed by atoms with Crippen molar-refractivity contribution in [1.29, 1.82) is 0 Å². The first-order chi connectivity index (χ1) is 33.5. The van der Waals surface area contributed by atoms with Crippen LogP contribution in [-0.4, -0.2) is 11.9 Å². The molecule has 0 aromatic heterocycles. The summed E-state index contributed by atoms with van der Waals surface area (Å²) < 4.78 is 32.5. The maximum Gasteiger partial charge on any atom is 0.247 e. The average Bonchev–Trinajstić information content (AvgIpc) is 3.53. The van der Waals surface area contributed by atoms with Crippen molar-refractivity contribution in [2.75, 3.05) is 16.8 Å². The van der Waals surface area contributed by atoms with Gasteiger partial charge in [-0.2, -0.15) is 0 Å². The fourth-order valence-corrected chi connectivity index (χ4v) is 10.8. The molecule has 0 fully saturated rings. The first-order valence-electron chi connectivity index (χ1n) is 23.3. The highest BCUT2D eigenvalue weighted by molar-refractivity contribution is 6.05. The molecule has 12 rings (SSSR count). The van der Waals surface area contributed by atoms with E-state index in [2.05, 4.69) is 151 Å². The van der Waals surface area contributed by atoms with Gasteiger partial charge < -0.3 is 19.3 Å². The van der Waals surface area contributed by atoms with E-state index in [1.165, 1.54) is 0 Å². The van der Waals surface area contributed by atoms with Gasteiger partial charge in [0.05, 0.1) is 40.7 Å². The summed E-state index contributed by atoms with van der Waals surface area (Å²) in [7, 11) is 2.05. The van der Waals surface area contributed by atoms with Crippen LogP contribution in [0.2, 0.25) is 0 Å². The lowest BCUT2D eigenvalue weighted by atomic mass is 9.85. The fourth-order valence-electron chi connectivity index (χ4n) is 10.8. The minimum atomic E-state index is -0.808. The van der Waals surface area contributed by atoms with E-state index in [0.29, 0.717) is 51.3 Å². The molecule has 0 saturated heterocycles. The van der Waals surface area contributed by atoms with Gasteiger partial charge in [0, 0.05) is 22.2 Å². The van der Waals surface area contributed by atoms with E-state index in [4.69, 9.17) is 16.0 Å². The number of rotatable bonds is 6. The zero-order valence-corrected chi connectivity index (χ0v) is 39.0. The summed E-state index contributed by atoms with van der Waals surface area (Å²) in [6, 6.07) is 65.9. The van der Waals surface area contributed by atoms with Crippen molar-refractivity contribution in [2.45, 2.75) is 38.8 Å². The van der Waals surface area contributed by atoms with Gasteiger partial charge in [0.15, 0.2) is 23.0 Å². The van der Waals surface area contributed by atoms with Crippen molar-refractivity contribution in [3.05, 3.63) is 222 Å². The molecule has 3 aliphatic heterocycles. The van der Waals surface area contributed by atoms with Gasteiger partial charge in [-0.15, -0.1) is 0 Å². The average molecular weight is 899 g/mol. The normalized spacial score (nSPS) is 14.9. The third kappa shape index (κ3) is 6.55. The molecule has 9 aromatic carbocycles. The van der Waals surface area contributed by atoms with Gasteiger partial charge in [-0.25, -0.2) is 9.24 Å². The van der Waals surface area contributed by atoms with Crippen molar-refractivity contribution in [3.8, 4) is 67.5 Å². The summed E-state index contributed by atoms with van der Waals surface area (Å²) in [5.41, 5.74) is 11.7.